The molecule has 0 saturated heterocycles. The minimum absolute atomic E-state index is 0.357. The zero-order chi connectivity index (χ0) is 13.7. The molecule has 1 aliphatic carbocycles. The Morgan fingerprint density at radius 1 is 1.37 bits per heavy atom. The third-order valence-electron chi connectivity index (χ3n) is 3.91. The number of hydrogen-bond donors (Lipinski definition) is 1. The summed E-state index contributed by atoms with van der Waals surface area (Å²) in [5.41, 5.74) is 2.33. The van der Waals surface area contributed by atoms with Gasteiger partial charge in [0.2, 0.25) is 5.88 Å². The maximum absolute atomic E-state index is 6.03. The molecule has 106 valence electrons. The number of ether oxygens (including phenoxy) is 1. The molecule has 0 spiro atoms. The van der Waals surface area contributed by atoms with Crippen molar-refractivity contribution < 1.29 is 4.74 Å². The summed E-state index contributed by atoms with van der Waals surface area (Å²) in [7, 11) is 0. The molecule has 0 radical (unpaired) electrons. The van der Waals surface area contributed by atoms with Crippen molar-refractivity contribution in [2.24, 2.45) is 5.92 Å². The Morgan fingerprint density at radius 2 is 2.21 bits per heavy atom. The van der Waals surface area contributed by atoms with Crippen molar-refractivity contribution in [2.45, 2.75) is 59.1 Å². The van der Waals surface area contributed by atoms with Crippen molar-refractivity contribution >= 4 is 0 Å². The van der Waals surface area contributed by atoms with Gasteiger partial charge in [0, 0.05) is 18.3 Å². The van der Waals surface area contributed by atoms with Gasteiger partial charge >= 0.3 is 0 Å². The average Bonchev–Trinajstić information content (AvgIpc) is 2.38. The van der Waals surface area contributed by atoms with Crippen LogP contribution >= 0.6 is 0 Å². The number of pyridine rings is 1. The predicted octanol–water partition coefficient (Wildman–Crippen LogP) is 3.46. The zero-order valence-corrected chi connectivity index (χ0v) is 12.4. The molecule has 1 saturated carbocycles. The van der Waals surface area contributed by atoms with E-state index in [9.17, 15) is 0 Å². The Hall–Kier alpha value is -1.09. The number of rotatable bonds is 5. The second-order valence-corrected chi connectivity index (χ2v) is 5.69. The molecule has 1 fully saturated rings. The quantitative estimate of drug-likeness (QED) is 0.882. The molecule has 1 aromatic heterocycles. The van der Waals surface area contributed by atoms with Gasteiger partial charge in [-0.05, 0) is 44.2 Å². The van der Waals surface area contributed by atoms with E-state index in [1.165, 1.54) is 31.2 Å². The molecule has 2 rings (SSSR count). The summed E-state index contributed by atoms with van der Waals surface area (Å²) in [6.45, 7) is 8.36. The first-order valence-electron chi connectivity index (χ1n) is 7.53. The third kappa shape index (κ3) is 4.20. The summed E-state index contributed by atoms with van der Waals surface area (Å²) in [6.07, 6.45) is 5.32. The summed E-state index contributed by atoms with van der Waals surface area (Å²) in [5, 5.41) is 3.33. The van der Waals surface area contributed by atoms with E-state index in [1.54, 1.807) is 0 Å². The van der Waals surface area contributed by atoms with E-state index in [1.807, 2.05) is 6.07 Å². The second kappa shape index (κ2) is 6.90. The number of hydrogen-bond acceptors (Lipinski definition) is 3. The van der Waals surface area contributed by atoms with Gasteiger partial charge in [0.15, 0.2) is 0 Å². The highest BCUT2D eigenvalue weighted by Crippen LogP contribution is 2.27. The van der Waals surface area contributed by atoms with E-state index in [4.69, 9.17) is 4.74 Å². The fraction of sp³-hybridized carbons (Fsp3) is 0.688. The summed E-state index contributed by atoms with van der Waals surface area (Å²) in [4.78, 5) is 4.58. The highest BCUT2D eigenvalue weighted by atomic mass is 16.5. The standard InChI is InChI=1S/C16H26N2O/c1-4-17-11-14-8-9-16(18-13(14)3)19-15-7-5-6-12(2)10-15/h8-9,12,15,17H,4-7,10-11H2,1-3H3. The lowest BCUT2D eigenvalue weighted by molar-refractivity contribution is 0.123. The lowest BCUT2D eigenvalue weighted by Crippen LogP contribution is -2.24. The zero-order valence-electron chi connectivity index (χ0n) is 12.4. The Balaban J connectivity index is 1.95. The van der Waals surface area contributed by atoms with Crippen LogP contribution in [-0.4, -0.2) is 17.6 Å². The molecule has 1 aliphatic rings. The van der Waals surface area contributed by atoms with Crippen LogP contribution in [0.2, 0.25) is 0 Å². The average molecular weight is 262 g/mol. The maximum atomic E-state index is 6.03. The molecule has 3 nitrogen and oxygen atoms in total. The van der Waals surface area contributed by atoms with Crippen molar-refractivity contribution in [1.29, 1.82) is 0 Å². The molecule has 1 heterocycles. The van der Waals surface area contributed by atoms with Crippen LogP contribution in [0.5, 0.6) is 5.88 Å². The van der Waals surface area contributed by atoms with Gasteiger partial charge in [-0.3, -0.25) is 0 Å². The summed E-state index contributed by atoms with van der Waals surface area (Å²) >= 11 is 0. The van der Waals surface area contributed by atoms with Crippen LogP contribution in [0.3, 0.4) is 0 Å². The monoisotopic (exact) mass is 262 g/mol. The van der Waals surface area contributed by atoms with Gasteiger partial charge in [-0.15, -0.1) is 0 Å². The molecule has 3 heteroatoms. The van der Waals surface area contributed by atoms with E-state index < -0.39 is 0 Å². The van der Waals surface area contributed by atoms with Gasteiger partial charge < -0.3 is 10.1 Å². The third-order valence-corrected chi connectivity index (χ3v) is 3.91. The normalized spacial score (nSPS) is 23.3. The first kappa shape index (κ1) is 14.3. The second-order valence-electron chi connectivity index (χ2n) is 5.69. The molecule has 2 atom stereocenters. The minimum Gasteiger partial charge on any atom is -0.474 e. The summed E-state index contributed by atoms with van der Waals surface area (Å²) in [6, 6.07) is 4.14. The van der Waals surface area contributed by atoms with Gasteiger partial charge in [0.25, 0.3) is 0 Å². The van der Waals surface area contributed by atoms with Crippen LogP contribution in [0.4, 0.5) is 0 Å². The molecule has 0 aliphatic heterocycles. The minimum atomic E-state index is 0.357. The summed E-state index contributed by atoms with van der Waals surface area (Å²) in [5.74, 6) is 1.57. The topological polar surface area (TPSA) is 34.1 Å². The van der Waals surface area contributed by atoms with Crippen molar-refractivity contribution in [2.75, 3.05) is 6.54 Å². The van der Waals surface area contributed by atoms with Crippen LogP contribution < -0.4 is 10.1 Å². The fourth-order valence-corrected chi connectivity index (χ4v) is 2.74. The van der Waals surface area contributed by atoms with Gasteiger partial charge in [0.1, 0.15) is 6.10 Å². The van der Waals surface area contributed by atoms with Gasteiger partial charge in [-0.25, -0.2) is 4.98 Å². The molecule has 2 unspecified atom stereocenters. The molecular weight excluding hydrogens is 236 g/mol. The maximum Gasteiger partial charge on any atom is 0.213 e. The van der Waals surface area contributed by atoms with Gasteiger partial charge in [-0.1, -0.05) is 26.3 Å². The number of nitrogens with zero attached hydrogens (tertiary/aromatic N) is 1. The Kier molecular flexibility index (Phi) is 5.20. The SMILES string of the molecule is CCNCc1ccc(OC2CCCC(C)C2)nc1C. The summed E-state index contributed by atoms with van der Waals surface area (Å²) < 4.78 is 6.03. The molecule has 19 heavy (non-hydrogen) atoms. The van der Waals surface area contributed by atoms with Crippen LogP contribution in [0.1, 0.15) is 50.8 Å². The van der Waals surface area contributed by atoms with Gasteiger partial charge in [-0.2, -0.15) is 0 Å². The van der Waals surface area contributed by atoms with E-state index in [2.05, 4.69) is 37.1 Å². The van der Waals surface area contributed by atoms with Crippen LogP contribution in [0.15, 0.2) is 12.1 Å². The molecular formula is C16H26N2O. The molecule has 0 bridgehead atoms. The van der Waals surface area contributed by atoms with E-state index in [0.29, 0.717) is 6.10 Å². The lowest BCUT2D eigenvalue weighted by atomic mass is 9.89. The van der Waals surface area contributed by atoms with E-state index in [0.717, 1.165) is 30.6 Å². The number of aromatic nitrogens is 1. The predicted molar refractivity (Wildman–Crippen MR) is 78.4 cm³/mol. The fourth-order valence-electron chi connectivity index (χ4n) is 2.74. The highest BCUT2D eigenvalue weighted by molar-refractivity contribution is 5.25. The van der Waals surface area contributed by atoms with Crippen molar-refractivity contribution in [3.05, 3.63) is 23.4 Å². The van der Waals surface area contributed by atoms with Gasteiger partial charge in [0.05, 0.1) is 0 Å². The van der Waals surface area contributed by atoms with E-state index >= 15 is 0 Å². The number of nitrogens with one attached hydrogen (secondary N) is 1. The smallest absolute Gasteiger partial charge is 0.213 e. The highest BCUT2D eigenvalue weighted by Gasteiger charge is 2.20. The van der Waals surface area contributed by atoms with Crippen molar-refractivity contribution in [3.63, 3.8) is 0 Å². The van der Waals surface area contributed by atoms with Crippen LogP contribution in [-0.2, 0) is 6.54 Å². The largest absolute Gasteiger partial charge is 0.474 e. The number of aryl methyl sites for hydroxylation is 1. The van der Waals surface area contributed by atoms with Crippen molar-refractivity contribution in [1.82, 2.24) is 10.3 Å². The molecule has 1 N–H and O–H groups in total. The Morgan fingerprint density at radius 3 is 2.89 bits per heavy atom. The molecule has 0 aromatic carbocycles. The first-order chi connectivity index (χ1) is 9.19. The van der Waals surface area contributed by atoms with E-state index in [-0.39, 0.29) is 0 Å². The Labute approximate surface area is 116 Å². The van der Waals surface area contributed by atoms with Crippen molar-refractivity contribution in [3.8, 4) is 5.88 Å². The van der Waals surface area contributed by atoms with Crippen LogP contribution in [0.25, 0.3) is 0 Å². The van der Waals surface area contributed by atoms with Crippen LogP contribution in [0, 0.1) is 12.8 Å². The molecule has 0 amide bonds. The Bertz CT molecular complexity index is 406. The first-order valence-corrected chi connectivity index (χ1v) is 7.53. The molecule has 1 aromatic rings. The lowest BCUT2D eigenvalue weighted by Gasteiger charge is -2.27.